The van der Waals surface area contributed by atoms with Crippen LogP contribution in [0.2, 0.25) is 0 Å². The molecular formula is C61H37N3S. The molecule has 0 radical (unpaired) electrons. The molecule has 0 atom stereocenters. The molecule has 13 rings (SSSR count). The highest BCUT2D eigenvalue weighted by Gasteiger charge is 2.20. The van der Waals surface area contributed by atoms with Crippen molar-refractivity contribution in [2.75, 3.05) is 0 Å². The molecule has 0 aliphatic heterocycles. The molecule has 0 aliphatic rings. The first-order chi connectivity index (χ1) is 32.2. The minimum absolute atomic E-state index is 0.625. The Morgan fingerprint density at radius 2 is 0.815 bits per heavy atom. The van der Waals surface area contributed by atoms with Gasteiger partial charge in [0.25, 0.3) is 0 Å². The van der Waals surface area contributed by atoms with Gasteiger partial charge < -0.3 is 0 Å². The molecule has 3 nitrogen and oxygen atoms in total. The van der Waals surface area contributed by atoms with Crippen molar-refractivity contribution in [2.45, 2.75) is 0 Å². The quantitative estimate of drug-likeness (QED) is 0.124. The van der Waals surface area contributed by atoms with Gasteiger partial charge >= 0.3 is 0 Å². The molecule has 0 saturated heterocycles. The topological polar surface area (TPSA) is 38.7 Å². The molecule has 302 valence electrons. The number of rotatable bonds is 6. The molecule has 0 N–H and O–H groups in total. The van der Waals surface area contributed by atoms with E-state index in [0.29, 0.717) is 17.5 Å². The first-order valence-electron chi connectivity index (χ1n) is 22.0. The summed E-state index contributed by atoms with van der Waals surface area (Å²) in [5.41, 5.74) is 9.79. The van der Waals surface area contributed by atoms with E-state index < -0.39 is 0 Å². The van der Waals surface area contributed by atoms with E-state index in [-0.39, 0.29) is 0 Å². The summed E-state index contributed by atoms with van der Waals surface area (Å²) in [5, 5.41) is 12.2. The molecule has 0 unspecified atom stereocenters. The Balaban J connectivity index is 1.01. The van der Waals surface area contributed by atoms with Crippen LogP contribution in [-0.4, -0.2) is 15.0 Å². The average molecular weight is 844 g/mol. The summed E-state index contributed by atoms with van der Waals surface area (Å²) in [6.45, 7) is 0. The number of aromatic nitrogens is 3. The number of hydrogen-bond donors (Lipinski definition) is 0. The second-order valence-corrected chi connectivity index (χ2v) is 17.7. The fraction of sp³-hybridized carbons (Fsp3) is 0. The lowest BCUT2D eigenvalue weighted by Crippen LogP contribution is -2.01. The zero-order valence-corrected chi connectivity index (χ0v) is 35.9. The van der Waals surface area contributed by atoms with Crippen molar-refractivity contribution in [3.8, 4) is 67.5 Å². The largest absolute Gasteiger partial charge is 0.208 e. The Labute approximate surface area is 379 Å². The van der Waals surface area contributed by atoms with Crippen LogP contribution in [-0.2, 0) is 0 Å². The van der Waals surface area contributed by atoms with Crippen molar-refractivity contribution in [2.24, 2.45) is 0 Å². The van der Waals surface area contributed by atoms with Crippen LogP contribution in [0, 0.1) is 0 Å². The van der Waals surface area contributed by atoms with Crippen LogP contribution in [0.15, 0.2) is 224 Å². The van der Waals surface area contributed by atoms with Gasteiger partial charge in [-0.25, -0.2) is 15.0 Å². The van der Waals surface area contributed by atoms with Crippen LogP contribution in [0.4, 0.5) is 0 Å². The number of benzene rings is 11. The van der Waals surface area contributed by atoms with E-state index in [9.17, 15) is 0 Å². The molecule has 0 aliphatic carbocycles. The maximum absolute atomic E-state index is 5.37. The number of fused-ring (bicyclic) bond motifs is 8. The lowest BCUT2D eigenvalue weighted by molar-refractivity contribution is 1.08. The molecule has 11 aromatic carbocycles. The molecule has 4 heteroatoms. The van der Waals surface area contributed by atoms with Gasteiger partial charge in [-0.15, -0.1) is 11.3 Å². The van der Waals surface area contributed by atoms with E-state index in [2.05, 4.69) is 218 Å². The number of thiophene rings is 1. The van der Waals surface area contributed by atoms with Gasteiger partial charge in [-0.1, -0.05) is 206 Å². The van der Waals surface area contributed by atoms with Crippen LogP contribution in [0.1, 0.15) is 0 Å². The summed E-state index contributed by atoms with van der Waals surface area (Å²) in [5.74, 6) is 1.88. The zero-order chi connectivity index (χ0) is 42.8. The van der Waals surface area contributed by atoms with Crippen LogP contribution in [0.25, 0.3) is 131 Å². The van der Waals surface area contributed by atoms with Gasteiger partial charge in [0.2, 0.25) is 0 Å². The summed E-state index contributed by atoms with van der Waals surface area (Å²) in [6, 6.07) is 80.5. The third-order valence-corrected chi connectivity index (χ3v) is 14.2. The summed E-state index contributed by atoms with van der Waals surface area (Å²) >= 11 is 1.85. The second-order valence-electron chi connectivity index (χ2n) is 16.6. The highest BCUT2D eigenvalue weighted by molar-refractivity contribution is 7.26. The first kappa shape index (κ1) is 37.3. The average Bonchev–Trinajstić information content (AvgIpc) is 3.77. The van der Waals surface area contributed by atoms with Crippen LogP contribution < -0.4 is 0 Å². The van der Waals surface area contributed by atoms with E-state index in [1.54, 1.807) is 0 Å². The van der Waals surface area contributed by atoms with E-state index >= 15 is 0 Å². The molecule has 0 saturated carbocycles. The predicted molar refractivity (Wildman–Crippen MR) is 275 cm³/mol. The van der Waals surface area contributed by atoms with E-state index in [1.807, 2.05) is 17.4 Å². The Kier molecular flexibility index (Phi) is 8.71. The molecule has 0 spiro atoms. The maximum Gasteiger partial charge on any atom is 0.164 e. The Morgan fingerprint density at radius 1 is 0.262 bits per heavy atom. The molecule has 2 heterocycles. The lowest BCUT2D eigenvalue weighted by Gasteiger charge is -2.17. The van der Waals surface area contributed by atoms with Gasteiger partial charge in [-0.2, -0.15) is 0 Å². The zero-order valence-electron chi connectivity index (χ0n) is 35.1. The van der Waals surface area contributed by atoms with Gasteiger partial charge in [-0.05, 0) is 94.7 Å². The van der Waals surface area contributed by atoms with Gasteiger partial charge in [0.05, 0.1) is 0 Å². The Morgan fingerprint density at radius 3 is 1.63 bits per heavy atom. The monoisotopic (exact) mass is 843 g/mol. The maximum atomic E-state index is 5.37. The third-order valence-electron chi connectivity index (χ3n) is 13.0. The first-order valence-corrected chi connectivity index (χ1v) is 22.8. The molecule has 2 aromatic heterocycles. The van der Waals surface area contributed by atoms with E-state index in [4.69, 9.17) is 15.0 Å². The van der Waals surface area contributed by atoms with E-state index in [0.717, 1.165) is 44.2 Å². The van der Waals surface area contributed by atoms with Crippen LogP contribution >= 0.6 is 11.3 Å². The van der Waals surface area contributed by atoms with Gasteiger partial charge in [-0.3, -0.25) is 0 Å². The summed E-state index contributed by atoms with van der Waals surface area (Å²) in [7, 11) is 0. The standard InChI is InChI=1S/C61H37N3S/c1-2-15-38(16-3-1)43-19-8-11-25-53(43)60-62-59(41-31-29-40(30-32-41)46-26-14-27-52-49-24-12-13-28-56(49)65-58(46)52)63-61(64-60)54-36-35-50(47-22-9-10-23-48(47)54)57-45-21-7-5-18-42(45)37-55-44-20-6-4-17-39(44)33-34-51(55)57/h1-37H. The molecule has 13 aromatic rings. The SMILES string of the molecule is c1ccc(-c2ccccc2-c2nc(-c3ccc(-c4cccc5c4sc4ccccc45)cc3)nc(-c3ccc(-c4c5ccccc5cc5c4ccc4ccccc45)c4ccccc34)n2)cc1. The van der Waals surface area contributed by atoms with Crippen molar-refractivity contribution in [3.63, 3.8) is 0 Å². The Bertz CT molecular complexity index is 4000. The number of nitrogens with zero attached hydrogens (tertiary/aromatic N) is 3. The van der Waals surface area contributed by atoms with Crippen molar-refractivity contribution in [1.29, 1.82) is 0 Å². The van der Waals surface area contributed by atoms with Gasteiger partial charge in [0.1, 0.15) is 0 Å². The van der Waals surface area contributed by atoms with Crippen molar-refractivity contribution < 1.29 is 0 Å². The predicted octanol–water partition coefficient (Wildman–Crippen LogP) is 16.9. The fourth-order valence-electron chi connectivity index (χ4n) is 9.89. The van der Waals surface area contributed by atoms with Crippen molar-refractivity contribution >= 4 is 74.6 Å². The van der Waals surface area contributed by atoms with E-state index in [1.165, 1.54) is 69.2 Å². The molecule has 0 fully saturated rings. The minimum Gasteiger partial charge on any atom is -0.208 e. The highest BCUT2D eigenvalue weighted by atomic mass is 32.1. The normalized spacial score (nSPS) is 11.7. The van der Waals surface area contributed by atoms with Crippen molar-refractivity contribution in [1.82, 2.24) is 15.0 Å². The second kappa shape index (κ2) is 15.2. The van der Waals surface area contributed by atoms with Gasteiger partial charge in [0.15, 0.2) is 17.5 Å². The molecule has 0 bridgehead atoms. The van der Waals surface area contributed by atoms with Gasteiger partial charge in [0, 0.05) is 36.9 Å². The number of hydrogen-bond acceptors (Lipinski definition) is 4. The fourth-order valence-corrected chi connectivity index (χ4v) is 11.1. The summed E-state index contributed by atoms with van der Waals surface area (Å²) < 4.78 is 2.59. The molecule has 65 heavy (non-hydrogen) atoms. The third kappa shape index (κ3) is 6.22. The van der Waals surface area contributed by atoms with Crippen LogP contribution in [0.3, 0.4) is 0 Å². The smallest absolute Gasteiger partial charge is 0.164 e. The van der Waals surface area contributed by atoms with Crippen molar-refractivity contribution in [3.05, 3.63) is 224 Å². The summed E-state index contributed by atoms with van der Waals surface area (Å²) in [6.07, 6.45) is 0. The minimum atomic E-state index is 0.625. The Hall–Kier alpha value is -8.31. The highest BCUT2D eigenvalue weighted by Crippen LogP contribution is 2.45. The lowest BCUT2D eigenvalue weighted by atomic mass is 9.87. The molecule has 0 amide bonds. The summed E-state index contributed by atoms with van der Waals surface area (Å²) in [4.78, 5) is 16.0. The van der Waals surface area contributed by atoms with Crippen LogP contribution in [0.5, 0.6) is 0 Å². The molecular weight excluding hydrogens is 807 g/mol.